The molecule has 0 saturated carbocycles. The van der Waals surface area contributed by atoms with Crippen molar-refractivity contribution in [1.82, 2.24) is 10.3 Å². The van der Waals surface area contributed by atoms with E-state index < -0.39 is 17.7 Å². The van der Waals surface area contributed by atoms with Crippen molar-refractivity contribution >= 4 is 11.7 Å². The van der Waals surface area contributed by atoms with Gasteiger partial charge in [0, 0.05) is 19.2 Å². The van der Waals surface area contributed by atoms with Crippen molar-refractivity contribution in [2.75, 3.05) is 12.3 Å². The molecule has 1 aromatic rings. The molecule has 0 aromatic carbocycles. The average Bonchev–Trinajstić information content (AvgIpc) is 2.27. The summed E-state index contributed by atoms with van der Waals surface area (Å²) in [5.74, 6) is -0.869. The van der Waals surface area contributed by atoms with E-state index in [0.717, 1.165) is 12.3 Å². The van der Waals surface area contributed by atoms with Gasteiger partial charge < -0.3 is 11.1 Å². The molecule has 4 nitrogen and oxygen atoms in total. The van der Waals surface area contributed by atoms with Crippen LogP contribution < -0.4 is 11.1 Å². The fourth-order valence-corrected chi connectivity index (χ4v) is 2.10. The van der Waals surface area contributed by atoms with Gasteiger partial charge in [-0.3, -0.25) is 4.79 Å². The zero-order valence-corrected chi connectivity index (χ0v) is 9.42. The number of nitrogen functional groups attached to an aromatic ring is 1. The molecular weight excluding hydrogens is 247 g/mol. The van der Waals surface area contributed by atoms with Crippen molar-refractivity contribution in [3.8, 4) is 0 Å². The second-order valence-electron chi connectivity index (χ2n) is 4.23. The van der Waals surface area contributed by atoms with Crippen LogP contribution in [0.4, 0.5) is 19.0 Å². The van der Waals surface area contributed by atoms with E-state index in [-0.39, 0.29) is 23.7 Å². The molecule has 1 saturated heterocycles. The summed E-state index contributed by atoms with van der Waals surface area (Å²) >= 11 is 0. The summed E-state index contributed by atoms with van der Waals surface area (Å²) in [5.41, 5.74) is 4.54. The Morgan fingerprint density at radius 2 is 2.17 bits per heavy atom. The lowest BCUT2D eigenvalue weighted by Crippen LogP contribution is -2.33. The number of halogens is 3. The molecule has 1 aliphatic rings. The molecule has 1 fully saturated rings. The lowest BCUT2D eigenvalue weighted by atomic mass is 9.88. The van der Waals surface area contributed by atoms with E-state index in [1.165, 1.54) is 0 Å². The number of alkyl halides is 3. The Morgan fingerprint density at radius 1 is 1.44 bits per heavy atom. The van der Waals surface area contributed by atoms with Crippen LogP contribution in [0.25, 0.3) is 0 Å². The summed E-state index contributed by atoms with van der Waals surface area (Å²) < 4.78 is 38.7. The molecular formula is C11H12F3N3O. The quantitative estimate of drug-likeness (QED) is 0.806. The standard InChI is InChI=1S/C11H12F3N3O/c12-11(13,14)8-4-9(15)17-5-7(8)6-1-2-16-10(18)3-6/h4-6H,1-3H2,(H2,15,17)(H,16,18). The van der Waals surface area contributed by atoms with E-state index in [1.807, 2.05) is 0 Å². The second-order valence-corrected chi connectivity index (χ2v) is 4.23. The molecule has 1 amide bonds. The summed E-state index contributed by atoms with van der Waals surface area (Å²) in [6, 6.07) is 0.821. The van der Waals surface area contributed by atoms with Gasteiger partial charge >= 0.3 is 6.18 Å². The Kier molecular flexibility index (Phi) is 3.14. The minimum atomic E-state index is -4.49. The second kappa shape index (κ2) is 4.47. The van der Waals surface area contributed by atoms with E-state index >= 15 is 0 Å². The van der Waals surface area contributed by atoms with Gasteiger partial charge in [-0.05, 0) is 24.0 Å². The monoisotopic (exact) mass is 259 g/mol. The predicted molar refractivity (Wildman–Crippen MR) is 58.6 cm³/mol. The number of pyridine rings is 1. The molecule has 1 aliphatic heterocycles. The molecule has 2 heterocycles. The van der Waals surface area contributed by atoms with Crippen LogP contribution in [0.3, 0.4) is 0 Å². The van der Waals surface area contributed by atoms with Crippen molar-refractivity contribution < 1.29 is 18.0 Å². The van der Waals surface area contributed by atoms with Crippen LogP contribution in [0.1, 0.15) is 29.9 Å². The molecule has 0 radical (unpaired) electrons. The van der Waals surface area contributed by atoms with E-state index in [9.17, 15) is 18.0 Å². The number of carbonyl (C=O) groups excluding carboxylic acids is 1. The number of hydrogen-bond acceptors (Lipinski definition) is 3. The predicted octanol–water partition coefficient (Wildman–Crippen LogP) is 1.68. The van der Waals surface area contributed by atoms with Gasteiger partial charge in [-0.1, -0.05) is 0 Å². The molecule has 7 heteroatoms. The summed E-state index contributed by atoms with van der Waals surface area (Å²) in [7, 11) is 0. The highest BCUT2D eigenvalue weighted by atomic mass is 19.4. The largest absolute Gasteiger partial charge is 0.416 e. The molecule has 1 unspecified atom stereocenters. The van der Waals surface area contributed by atoms with Gasteiger partial charge in [0.25, 0.3) is 0 Å². The number of piperidine rings is 1. The molecule has 1 atom stereocenters. The first kappa shape index (κ1) is 12.7. The third kappa shape index (κ3) is 2.55. The van der Waals surface area contributed by atoms with E-state index in [1.54, 1.807) is 0 Å². The Morgan fingerprint density at radius 3 is 2.78 bits per heavy atom. The third-order valence-corrected chi connectivity index (χ3v) is 2.95. The Bertz CT molecular complexity index is 473. The van der Waals surface area contributed by atoms with E-state index in [0.29, 0.717) is 13.0 Å². The Balaban J connectivity index is 2.40. The van der Waals surface area contributed by atoms with Crippen LogP contribution in [0.5, 0.6) is 0 Å². The van der Waals surface area contributed by atoms with Crippen LogP contribution in [0, 0.1) is 0 Å². The van der Waals surface area contributed by atoms with Crippen LogP contribution >= 0.6 is 0 Å². The van der Waals surface area contributed by atoms with Gasteiger partial charge in [0.1, 0.15) is 5.82 Å². The lowest BCUT2D eigenvalue weighted by Gasteiger charge is -2.25. The number of carbonyl (C=O) groups is 1. The number of nitrogens with one attached hydrogen (secondary N) is 1. The van der Waals surface area contributed by atoms with Crippen LogP contribution in [0.15, 0.2) is 12.3 Å². The van der Waals surface area contributed by atoms with E-state index in [4.69, 9.17) is 5.73 Å². The van der Waals surface area contributed by atoms with Crippen LogP contribution in [-0.4, -0.2) is 17.4 Å². The smallest absolute Gasteiger partial charge is 0.384 e. The zero-order chi connectivity index (χ0) is 13.3. The number of aromatic nitrogens is 1. The fourth-order valence-electron chi connectivity index (χ4n) is 2.10. The topological polar surface area (TPSA) is 68.0 Å². The van der Waals surface area contributed by atoms with Gasteiger partial charge in [0.2, 0.25) is 5.91 Å². The van der Waals surface area contributed by atoms with Crippen molar-refractivity contribution in [3.63, 3.8) is 0 Å². The fraction of sp³-hybridized carbons (Fsp3) is 0.455. The lowest BCUT2D eigenvalue weighted by molar-refractivity contribution is -0.138. The minimum absolute atomic E-state index is 0.0477. The van der Waals surface area contributed by atoms with Gasteiger partial charge in [-0.25, -0.2) is 4.98 Å². The highest BCUT2D eigenvalue weighted by Crippen LogP contribution is 2.38. The number of hydrogen-bond donors (Lipinski definition) is 2. The molecule has 98 valence electrons. The van der Waals surface area contributed by atoms with Gasteiger partial charge in [0.15, 0.2) is 0 Å². The van der Waals surface area contributed by atoms with Crippen molar-refractivity contribution in [3.05, 3.63) is 23.4 Å². The maximum atomic E-state index is 12.9. The number of amides is 1. The maximum absolute atomic E-state index is 12.9. The van der Waals surface area contributed by atoms with Gasteiger partial charge in [-0.2, -0.15) is 13.2 Å². The van der Waals surface area contributed by atoms with Crippen LogP contribution in [0.2, 0.25) is 0 Å². The summed E-state index contributed by atoms with van der Waals surface area (Å²) in [4.78, 5) is 14.9. The highest BCUT2D eigenvalue weighted by molar-refractivity contribution is 5.77. The first-order valence-electron chi connectivity index (χ1n) is 5.47. The highest BCUT2D eigenvalue weighted by Gasteiger charge is 2.36. The molecule has 0 aliphatic carbocycles. The first-order valence-corrected chi connectivity index (χ1v) is 5.47. The summed E-state index contributed by atoms with van der Waals surface area (Å²) in [6.07, 6.45) is -2.84. The van der Waals surface area contributed by atoms with Gasteiger partial charge in [-0.15, -0.1) is 0 Å². The third-order valence-electron chi connectivity index (χ3n) is 2.95. The average molecular weight is 259 g/mol. The number of rotatable bonds is 1. The van der Waals surface area contributed by atoms with Gasteiger partial charge in [0.05, 0.1) is 5.56 Å². The molecule has 18 heavy (non-hydrogen) atoms. The zero-order valence-electron chi connectivity index (χ0n) is 9.42. The molecule has 0 bridgehead atoms. The summed E-state index contributed by atoms with van der Waals surface area (Å²) in [6.45, 7) is 0.380. The molecule has 2 rings (SSSR count). The first-order chi connectivity index (χ1) is 8.38. The summed E-state index contributed by atoms with van der Waals surface area (Å²) in [5, 5.41) is 2.59. The van der Waals surface area contributed by atoms with Crippen molar-refractivity contribution in [2.24, 2.45) is 0 Å². The molecule has 0 spiro atoms. The normalized spacial score (nSPS) is 20.6. The van der Waals surface area contributed by atoms with Crippen LogP contribution in [-0.2, 0) is 11.0 Å². The number of nitrogens with two attached hydrogens (primary N) is 1. The Labute approximate surface area is 101 Å². The van der Waals surface area contributed by atoms with Crippen molar-refractivity contribution in [2.45, 2.75) is 24.9 Å². The molecule has 1 aromatic heterocycles. The minimum Gasteiger partial charge on any atom is -0.384 e. The SMILES string of the molecule is Nc1cc(C(F)(F)F)c(C2CCNC(=O)C2)cn1. The Hall–Kier alpha value is -1.79. The molecule has 3 N–H and O–H groups in total. The number of nitrogens with zero attached hydrogens (tertiary/aromatic N) is 1. The van der Waals surface area contributed by atoms with E-state index in [2.05, 4.69) is 10.3 Å². The number of anilines is 1. The maximum Gasteiger partial charge on any atom is 0.416 e. The van der Waals surface area contributed by atoms with Crippen molar-refractivity contribution in [1.29, 1.82) is 0 Å².